The number of aromatic amines is 1. The minimum Gasteiger partial charge on any atom is -0.394 e. The van der Waals surface area contributed by atoms with E-state index in [4.69, 9.17) is 10.6 Å². The van der Waals surface area contributed by atoms with Crippen molar-refractivity contribution in [2.75, 3.05) is 13.2 Å². The van der Waals surface area contributed by atoms with Crippen molar-refractivity contribution in [3.8, 4) is 0 Å². The van der Waals surface area contributed by atoms with Gasteiger partial charge in [0.15, 0.2) is 0 Å². The Morgan fingerprint density at radius 3 is 2.90 bits per heavy atom. The van der Waals surface area contributed by atoms with Crippen molar-refractivity contribution in [3.63, 3.8) is 0 Å². The molecule has 0 fully saturated rings. The van der Waals surface area contributed by atoms with Gasteiger partial charge in [0, 0.05) is 35.5 Å². The Labute approximate surface area is 122 Å². The number of H-pyrrole nitrogens is 1. The quantitative estimate of drug-likeness (QED) is 0.427. The Kier molecular flexibility index (Phi) is 3.93. The van der Waals surface area contributed by atoms with E-state index in [-0.39, 0.29) is 0 Å². The maximum absolute atomic E-state index is 5.45. The van der Waals surface area contributed by atoms with Gasteiger partial charge in [0.1, 0.15) is 12.3 Å². The van der Waals surface area contributed by atoms with E-state index in [1.165, 1.54) is 0 Å². The van der Waals surface area contributed by atoms with Crippen molar-refractivity contribution in [1.82, 2.24) is 9.97 Å². The molecule has 3 aromatic rings. The summed E-state index contributed by atoms with van der Waals surface area (Å²) in [4.78, 5) is 12.6. The lowest BCUT2D eigenvalue weighted by Crippen LogP contribution is -2.09. The van der Waals surface area contributed by atoms with Gasteiger partial charge in [0.25, 0.3) is 0 Å². The highest BCUT2D eigenvalue weighted by Crippen LogP contribution is 2.21. The molecule has 106 valence electrons. The summed E-state index contributed by atoms with van der Waals surface area (Å²) in [5.41, 5.74) is 9.18. The summed E-state index contributed by atoms with van der Waals surface area (Å²) in [6.07, 6.45) is 5.48. The third kappa shape index (κ3) is 2.78. The van der Waals surface area contributed by atoms with Crippen molar-refractivity contribution >= 4 is 16.6 Å². The summed E-state index contributed by atoms with van der Waals surface area (Å²) in [6, 6.07) is 11.9. The van der Waals surface area contributed by atoms with E-state index in [0.717, 1.165) is 27.7 Å². The molecule has 21 heavy (non-hydrogen) atoms. The predicted molar refractivity (Wildman–Crippen MR) is 83.2 cm³/mol. The Morgan fingerprint density at radius 2 is 2.10 bits per heavy atom. The molecule has 0 radical (unpaired) electrons. The number of aromatic nitrogens is 2. The molecular formula is C16H16N4O. The van der Waals surface area contributed by atoms with E-state index >= 15 is 0 Å². The van der Waals surface area contributed by atoms with Crippen molar-refractivity contribution < 1.29 is 4.84 Å². The average molecular weight is 280 g/mol. The Bertz CT molecular complexity index is 749. The zero-order chi connectivity index (χ0) is 14.5. The number of rotatable bonds is 5. The van der Waals surface area contributed by atoms with Crippen LogP contribution in [0.3, 0.4) is 0 Å². The largest absolute Gasteiger partial charge is 0.394 e. The number of nitrogens with zero attached hydrogens (tertiary/aromatic N) is 2. The maximum Gasteiger partial charge on any atom is 0.129 e. The molecule has 3 rings (SSSR count). The molecule has 0 saturated heterocycles. The lowest BCUT2D eigenvalue weighted by molar-refractivity contribution is 0.152. The van der Waals surface area contributed by atoms with Crippen LogP contribution in [-0.4, -0.2) is 28.8 Å². The molecule has 0 atom stereocenters. The first kappa shape index (κ1) is 13.3. The smallest absolute Gasteiger partial charge is 0.129 e. The molecule has 2 heterocycles. The average Bonchev–Trinajstić information content (AvgIpc) is 2.96. The summed E-state index contributed by atoms with van der Waals surface area (Å²) in [5, 5.41) is 5.33. The van der Waals surface area contributed by atoms with Crippen LogP contribution in [0.5, 0.6) is 0 Å². The van der Waals surface area contributed by atoms with Gasteiger partial charge in [0.05, 0.1) is 11.7 Å². The highest BCUT2D eigenvalue weighted by Gasteiger charge is 2.13. The van der Waals surface area contributed by atoms with Gasteiger partial charge in [-0.25, -0.2) is 0 Å². The molecule has 1 aromatic carbocycles. The van der Waals surface area contributed by atoms with Gasteiger partial charge in [-0.15, -0.1) is 0 Å². The molecule has 5 heteroatoms. The minimum atomic E-state index is 0.389. The fraction of sp³-hybridized carbons (Fsp3) is 0.125. The number of fused-ring (bicyclic) bond motifs is 1. The second-order valence-corrected chi connectivity index (χ2v) is 4.55. The number of pyridine rings is 1. The molecule has 0 unspecified atom stereocenters. The fourth-order valence-electron chi connectivity index (χ4n) is 2.18. The summed E-state index contributed by atoms with van der Waals surface area (Å²) in [6.45, 7) is 0.823. The third-order valence-corrected chi connectivity index (χ3v) is 3.15. The van der Waals surface area contributed by atoms with E-state index in [9.17, 15) is 0 Å². The van der Waals surface area contributed by atoms with Crippen molar-refractivity contribution in [3.05, 3.63) is 66.1 Å². The molecule has 0 aliphatic rings. The molecule has 0 amide bonds. The predicted octanol–water partition coefficient (Wildman–Crippen LogP) is 2.29. The van der Waals surface area contributed by atoms with Gasteiger partial charge in [-0.1, -0.05) is 35.5 Å². The first-order valence-corrected chi connectivity index (χ1v) is 6.77. The molecule has 2 aromatic heterocycles. The van der Waals surface area contributed by atoms with Crippen LogP contribution in [0.25, 0.3) is 10.9 Å². The second kappa shape index (κ2) is 6.19. The van der Waals surface area contributed by atoms with Gasteiger partial charge >= 0.3 is 0 Å². The highest BCUT2D eigenvalue weighted by atomic mass is 16.6. The van der Waals surface area contributed by atoms with Crippen LogP contribution in [-0.2, 0) is 4.84 Å². The van der Waals surface area contributed by atoms with Crippen molar-refractivity contribution in [2.45, 2.75) is 0 Å². The number of oxime groups is 1. The van der Waals surface area contributed by atoms with Crippen LogP contribution in [0.2, 0.25) is 0 Å². The molecular weight excluding hydrogens is 264 g/mol. The topological polar surface area (TPSA) is 76.3 Å². The highest BCUT2D eigenvalue weighted by molar-refractivity contribution is 6.19. The molecule has 0 saturated carbocycles. The van der Waals surface area contributed by atoms with Gasteiger partial charge < -0.3 is 15.6 Å². The van der Waals surface area contributed by atoms with Crippen molar-refractivity contribution in [1.29, 1.82) is 0 Å². The van der Waals surface area contributed by atoms with Gasteiger partial charge in [-0.05, 0) is 6.07 Å². The zero-order valence-corrected chi connectivity index (χ0v) is 11.5. The normalized spacial score (nSPS) is 11.8. The maximum atomic E-state index is 5.45. The second-order valence-electron chi connectivity index (χ2n) is 4.55. The summed E-state index contributed by atoms with van der Waals surface area (Å²) in [7, 11) is 0. The molecule has 3 N–H and O–H groups in total. The summed E-state index contributed by atoms with van der Waals surface area (Å²) in [5.74, 6) is 0. The number of benzene rings is 1. The SMILES string of the molecule is NCCON=C(c1ccccc1)c1c[nH]c2cnccc12. The number of nitrogens with one attached hydrogen (secondary N) is 1. The molecule has 0 spiro atoms. The van der Waals surface area contributed by atoms with Gasteiger partial charge in [-0.2, -0.15) is 0 Å². The molecule has 0 aliphatic carbocycles. The molecule has 0 aliphatic heterocycles. The monoisotopic (exact) mass is 280 g/mol. The summed E-state index contributed by atoms with van der Waals surface area (Å²) < 4.78 is 0. The first-order chi connectivity index (χ1) is 10.4. The lowest BCUT2D eigenvalue weighted by Gasteiger charge is -2.06. The number of hydrogen-bond acceptors (Lipinski definition) is 4. The van der Waals surface area contributed by atoms with E-state index in [2.05, 4.69) is 15.1 Å². The Hall–Kier alpha value is -2.66. The van der Waals surface area contributed by atoms with Crippen LogP contribution < -0.4 is 5.73 Å². The number of hydrogen-bond donors (Lipinski definition) is 2. The minimum absolute atomic E-state index is 0.389. The lowest BCUT2D eigenvalue weighted by atomic mass is 10.0. The van der Waals surface area contributed by atoms with Crippen LogP contribution in [0.15, 0.2) is 60.1 Å². The van der Waals surface area contributed by atoms with Gasteiger partial charge in [0.2, 0.25) is 0 Å². The van der Waals surface area contributed by atoms with Crippen LogP contribution >= 0.6 is 0 Å². The molecule has 5 nitrogen and oxygen atoms in total. The summed E-state index contributed by atoms with van der Waals surface area (Å²) >= 11 is 0. The van der Waals surface area contributed by atoms with Gasteiger partial charge in [-0.3, -0.25) is 4.98 Å². The fourth-order valence-corrected chi connectivity index (χ4v) is 2.18. The van der Waals surface area contributed by atoms with E-state index in [0.29, 0.717) is 13.2 Å². The van der Waals surface area contributed by atoms with Crippen LogP contribution in [0.1, 0.15) is 11.1 Å². The van der Waals surface area contributed by atoms with Crippen LogP contribution in [0.4, 0.5) is 0 Å². The Morgan fingerprint density at radius 1 is 1.24 bits per heavy atom. The Balaban J connectivity index is 2.09. The number of nitrogens with two attached hydrogens (primary N) is 1. The first-order valence-electron chi connectivity index (χ1n) is 6.77. The van der Waals surface area contributed by atoms with Crippen LogP contribution in [0, 0.1) is 0 Å². The van der Waals surface area contributed by atoms with Crippen molar-refractivity contribution in [2.24, 2.45) is 10.9 Å². The third-order valence-electron chi connectivity index (χ3n) is 3.15. The zero-order valence-electron chi connectivity index (χ0n) is 11.5. The van der Waals surface area contributed by atoms with E-state index in [1.54, 1.807) is 12.4 Å². The van der Waals surface area contributed by atoms with E-state index < -0.39 is 0 Å². The molecule has 0 bridgehead atoms. The standard InChI is InChI=1S/C16H16N4O/c17-7-9-21-20-16(12-4-2-1-3-5-12)14-10-19-15-11-18-8-6-13(14)15/h1-6,8,10-11,19H,7,9,17H2. The van der Waals surface area contributed by atoms with E-state index in [1.807, 2.05) is 42.6 Å².